The second-order valence-corrected chi connectivity index (χ2v) is 13.6. The molecule has 236 valence electrons. The van der Waals surface area contributed by atoms with Crippen molar-refractivity contribution >= 4 is 28.5 Å². The van der Waals surface area contributed by atoms with Gasteiger partial charge < -0.3 is 26.6 Å². The van der Waals surface area contributed by atoms with E-state index in [0.29, 0.717) is 30.7 Å². The van der Waals surface area contributed by atoms with Crippen LogP contribution in [0.5, 0.6) is 0 Å². The van der Waals surface area contributed by atoms with E-state index in [4.69, 9.17) is 10.7 Å². The average molecular weight is 604 g/mol. The zero-order valence-corrected chi connectivity index (χ0v) is 25.4. The highest BCUT2D eigenvalue weighted by atomic mass is 19.4. The van der Waals surface area contributed by atoms with Crippen LogP contribution in [0.25, 0.3) is 10.9 Å². The molecule has 0 unspecified atom stereocenters. The maximum atomic E-state index is 13.8. The van der Waals surface area contributed by atoms with Crippen LogP contribution in [0, 0.1) is 0 Å². The van der Waals surface area contributed by atoms with Crippen molar-refractivity contribution in [2.45, 2.75) is 127 Å². The number of rotatable bonds is 6. The summed E-state index contributed by atoms with van der Waals surface area (Å²) in [6.07, 6.45) is 1.53. The van der Waals surface area contributed by atoms with E-state index in [9.17, 15) is 22.8 Å². The van der Waals surface area contributed by atoms with E-state index in [-0.39, 0.29) is 58.6 Å². The number of nitrogens with one attached hydrogen (secondary N) is 3. The Morgan fingerprint density at radius 3 is 2.40 bits per heavy atom. The third-order valence-corrected chi connectivity index (χ3v) is 8.97. The van der Waals surface area contributed by atoms with Gasteiger partial charge in [-0.15, -0.1) is 0 Å². The summed E-state index contributed by atoms with van der Waals surface area (Å²) < 4.78 is 41.0. The maximum absolute atomic E-state index is 13.8. The number of nitrogens with zero attached hydrogens (tertiary/aromatic N) is 3. The van der Waals surface area contributed by atoms with Crippen LogP contribution in [0.15, 0.2) is 18.2 Å². The SMILES string of the molecule is CC(=O)N[C@@H]1C[C@H](NC(C)(C)C)CC[C@@H]1N1CC[C@H](Nc2nc([C@H]3CC[C@H](N)CC3)nc3ccc(C(F)(F)F)cc23)C1=O. The zero-order valence-electron chi connectivity index (χ0n) is 25.4. The van der Waals surface area contributed by atoms with Crippen LogP contribution in [-0.2, 0) is 15.8 Å². The second kappa shape index (κ2) is 12.2. The molecule has 3 fully saturated rings. The van der Waals surface area contributed by atoms with Gasteiger partial charge in [-0.25, -0.2) is 9.97 Å². The molecule has 12 heteroatoms. The summed E-state index contributed by atoms with van der Waals surface area (Å²) in [6.45, 7) is 8.29. The van der Waals surface area contributed by atoms with Gasteiger partial charge >= 0.3 is 6.18 Å². The lowest BCUT2D eigenvalue weighted by molar-refractivity contribution is -0.137. The molecule has 5 N–H and O–H groups in total. The molecule has 1 saturated heterocycles. The fourth-order valence-electron chi connectivity index (χ4n) is 7.01. The van der Waals surface area contributed by atoms with Gasteiger partial charge in [-0.1, -0.05) is 0 Å². The molecule has 1 aromatic heterocycles. The first kappa shape index (κ1) is 31.4. The number of aromatic nitrogens is 2. The highest BCUT2D eigenvalue weighted by molar-refractivity contribution is 5.93. The van der Waals surface area contributed by atoms with Gasteiger partial charge in [-0.3, -0.25) is 9.59 Å². The molecule has 1 aliphatic heterocycles. The molecule has 2 amide bonds. The van der Waals surface area contributed by atoms with Crippen LogP contribution < -0.4 is 21.7 Å². The minimum Gasteiger partial charge on any atom is -0.358 e. The molecule has 0 spiro atoms. The Hall–Kier alpha value is -2.99. The van der Waals surface area contributed by atoms with Gasteiger partial charge in [-0.2, -0.15) is 13.2 Å². The molecule has 9 nitrogen and oxygen atoms in total. The molecule has 3 aliphatic rings. The molecule has 5 rings (SSSR count). The van der Waals surface area contributed by atoms with E-state index in [2.05, 4.69) is 41.7 Å². The molecule has 1 aromatic carbocycles. The number of anilines is 1. The fourth-order valence-corrected chi connectivity index (χ4v) is 7.01. The molecule has 0 radical (unpaired) electrons. The van der Waals surface area contributed by atoms with Crippen LogP contribution in [0.3, 0.4) is 0 Å². The Morgan fingerprint density at radius 1 is 1.02 bits per heavy atom. The van der Waals surface area contributed by atoms with Crippen LogP contribution in [0.2, 0.25) is 0 Å². The van der Waals surface area contributed by atoms with E-state index in [0.717, 1.165) is 50.7 Å². The first-order chi connectivity index (χ1) is 20.2. The molecule has 0 bridgehead atoms. The Labute approximate surface area is 250 Å². The quantitative estimate of drug-likeness (QED) is 0.384. The van der Waals surface area contributed by atoms with E-state index in [1.807, 2.05) is 4.90 Å². The van der Waals surface area contributed by atoms with Crippen molar-refractivity contribution in [3.05, 3.63) is 29.6 Å². The third kappa shape index (κ3) is 7.39. The minimum atomic E-state index is -4.52. The van der Waals surface area contributed by atoms with Crippen LogP contribution in [-0.4, -0.2) is 69.0 Å². The highest BCUT2D eigenvalue weighted by Crippen LogP contribution is 2.37. The van der Waals surface area contributed by atoms with Crippen LogP contribution in [0.1, 0.15) is 96.4 Å². The molecule has 43 heavy (non-hydrogen) atoms. The number of amides is 2. The number of nitrogens with two attached hydrogens (primary N) is 1. The monoisotopic (exact) mass is 603 g/mol. The summed E-state index contributed by atoms with van der Waals surface area (Å²) in [6, 6.07) is 2.81. The number of halogens is 3. The summed E-state index contributed by atoms with van der Waals surface area (Å²) in [5, 5.41) is 10.2. The number of fused-ring (bicyclic) bond motifs is 1. The Kier molecular flexibility index (Phi) is 8.91. The lowest BCUT2D eigenvalue weighted by atomic mass is 9.84. The Morgan fingerprint density at radius 2 is 1.74 bits per heavy atom. The Balaban J connectivity index is 1.40. The fraction of sp³-hybridized carbons (Fsp3) is 0.677. The first-order valence-electron chi connectivity index (χ1n) is 15.4. The number of carbonyl (C=O) groups is 2. The van der Waals surface area contributed by atoms with E-state index < -0.39 is 17.8 Å². The average Bonchev–Trinajstić information content (AvgIpc) is 3.26. The largest absolute Gasteiger partial charge is 0.416 e. The van der Waals surface area contributed by atoms with Crippen LogP contribution >= 0.6 is 0 Å². The standard InChI is InChI=1S/C31H44F3N7O2/c1-17(42)36-25-16-21(40-30(2,3)4)10-12-26(25)41-14-13-24(29(41)43)38-28-22-15-19(31(32,33)34)7-11-23(22)37-27(39-28)18-5-8-20(35)9-6-18/h7,11,15,18,20-21,24-26,40H,5-6,8-10,12-14,16,35H2,1-4H3,(H,36,42)(H,37,38,39)/t18-,20-,21-,24+,25-,26+/m1/s1. The summed E-state index contributed by atoms with van der Waals surface area (Å²) in [7, 11) is 0. The van der Waals surface area contributed by atoms with Crippen molar-refractivity contribution < 1.29 is 22.8 Å². The van der Waals surface area contributed by atoms with Crippen LogP contribution in [0.4, 0.5) is 19.0 Å². The number of carbonyl (C=O) groups excluding carboxylic acids is 2. The summed E-state index contributed by atoms with van der Waals surface area (Å²) in [5.74, 6) is 0.596. The molecule has 2 aromatic rings. The Bertz CT molecular complexity index is 1340. The lowest BCUT2D eigenvalue weighted by Crippen LogP contribution is -2.59. The van der Waals surface area contributed by atoms with Crippen molar-refractivity contribution in [1.29, 1.82) is 0 Å². The lowest BCUT2D eigenvalue weighted by Gasteiger charge is -2.43. The van der Waals surface area contributed by atoms with Gasteiger partial charge in [0.25, 0.3) is 0 Å². The van der Waals surface area contributed by atoms with Crippen molar-refractivity contribution in [1.82, 2.24) is 25.5 Å². The van der Waals surface area contributed by atoms with Gasteiger partial charge in [0.2, 0.25) is 11.8 Å². The number of hydrogen-bond donors (Lipinski definition) is 4. The third-order valence-electron chi connectivity index (χ3n) is 8.97. The maximum Gasteiger partial charge on any atom is 0.416 e. The predicted octanol–water partition coefficient (Wildman–Crippen LogP) is 4.46. The van der Waals surface area contributed by atoms with Gasteiger partial charge in [0.15, 0.2) is 0 Å². The van der Waals surface area contributed by atoms with Crippen molar-refractivity contribution in [2.75, 3.05) is 11.9 Å². The molecule has 2 heterocycles. The van der Waals surface area contributed by atoms with E-state index >= 15 is 0 Å². The molecule has 2 saturated carbocycles. The van der Waals surface area contributed by atoms with E-state index in [1.165, 1.54) is 13.0 Å². The van der Waals surface area contributed by atoms with Gasteiger partial charge in [0, 0.05) is 42.4 Å². The number of likely N-dealkylation sites (tertiary alicyclic amines) is 1. The minimum absolute atomic E-state index is 0.0538. The topological polar surface area (TPSA) is 125 Å². The number of alkyl halides is 3. The smallest absolute Gasteiger partial charge is 0.358 e. The van der Waals surface area contributed by atoms with Crippen molar-refractivity contribution in [2.24, 2.45) is 5.73 Å². The molecular weight excluding hydrogens is 559 g/mol. The summed E-state index contributed by atoms with van der Waals surface area (Å²) in [4.78, 5) is 37.2. The van der Waals surface area contributed by atoms with Crippen molar-refractivity contribution in [3.63, 3.8) is 0 Å². The summed E-state index contributed by atoms with van der Waals surface area (Å²) >= 11 is 0. The highest BCUT2D eigenvalue weighted by Gasteiger charge is 2.43. The second-order valence-electron chi connectivity index (χ2n) is 13.6. The molecule has 4 atom stereocenters. The number of hydrogen-bond acceptors (Lipinski definition) is 7. The zero-order chi connectivity index (χ0) is 31.1. The number of benzene rings is 1. The van der Waals surface area contributed by atoms with Gasteiger partial charge in [0.05, 0.1) is 23.2 Å². The molecule has 2 aliphatic carbocycles. The molecular formula is C31H44F3N7O2. The van der Waals surface area contributed by atoms with E-state index in [1.54, 1.807) is 0 Å². The van der Waals surface area contributed by atoms with Crippen molar-refractivity contribution in [3.8, 4) is 0 Å². The normalized spacial score (nSPS) is 28.7. The van der Waals surface area contributed by atoms with Gasteiger partial charge in [-0.05, 0) is 90.3 Å². The predicted molar refractivity (Wildman–Crippen MR) is 159 cm³/mol. The van der Waals surface area contributed by atoms with Gasteiger partial charge in [0.1, 0.15) is 17.7 Å². The summed E-state index contributed by atoms with van der Waals surface area (Å²) in [5.41, 5.74) is 5.64. The first-order valence-corrected chi connectivity index (χ1v) is 15.4.